The van der Waals surface area contributed by atoms with Crippen LogP contribution in [0.2, 0.25) is 0 Å². The highest BCUT2D eigenvalue weighted by Gasteiger charge is 2.30. The summed E-state index contributed by atoms with van der Waals surface area (Å²) in [6.07, 6.45) is 6.24. The molecule has 0 bridgehead atoms. The summed E-state index contributed by atoms with van der Waals surface area (Å²) >= 11 is 0. The Morgan fingerprint density at radius 2 is 2.12 bits per heavy atom. The summed E-state index contributed by atoms with van der Waals surface area (Å²) < 4.78 is 26.8. The SMILES string of the molecule is Cc1nccn1-c1ccccc1CNC(=O)[C@H]1CCCN(S(C)(=O)=O)C1. The van der Waals surface area contributed by atoms with Crippen molar-refractivity contribution in [3.8, 4) is 5.69 Å². The van der Waals surface area contributed by atoms with Crippen molar-refractivity contribution in [3.63, 3.8) is 0 Å². The third kappa shape index (κ3) is 4.13. The lowest BCUT2D eigenvalue weighted by Crippen LogP contribution is -2.44. The van der Waals surface area contributed by atoms with Gasteiger partial charge >= 0.3 is 0 Å². The van der Waals surface area contributed by atoms with Gasteiger partial charge in [0.25, 0.3) is 0 Å². The zero-order valence-electron chi connectivity index (χ0n) is 15.1. The summed E-state index contributed by atoms with van der Waals surface area (Å²) in [6, 6.07) is 7.84. The van der Waals surface area contributed by atoms with E-state index in [2.05, 4.69) is 10.3 Å². The molecule has 140 valence electrons. The lowest BCUT2D eigenvalue weighted by Gasteiger charge is -2.30. The first kappa shape index (κ1) is 18.6. The van der Waals surface area contributed by atoms with Crippen LogP contribution in [0.15, 0.2) is 36.7 Å². The third-order valence-electron chi connectivity index (χ3n) is 4.75. The molecule has 7 nitrogen and oxygen atoms in total. The van der Waals surface area contributed by atoms with Crippen LogP contribution in [0.1, 0.15) is 24.2 Å². The van der Waals surface area contributed by atoms with Gasteiger partial charge in [-0.15, -0.1) is 0 Å². The van der Waals surface area contributed by atoms with Gasteiger partial charge in [-0.05, 0) is 31.4 Å². The average molecular weight is 376 g/mol. The van der Waals surface area contributed by atoms with Crippen molar-refractivity contribution >= 4 is 15.9 Å². The van der Waals surface area contributed by atoms with Gasteiger partial charge in [-0.3, -0.25) is 4.79 Å². The van der Waals surface area contributed by atoms with Crippen LogP contribution in [0.3, 0.4) is 0 Å². The Morgan fingerprint density at radius 1 is 1.35 bits per heavy atom. The number of sulfonamides is 1. The standard InChI is InChI=1S/C18H24N4O3S/c1-14-19-9-11-22(14)17-8-4-3-6-15(17)12-20-18(23)16-7-5-10-21(13-16)26(2,24)25/h3-4,6,8-9,11,16H,5,7,10,12-13H2,1-2H3,(H,20,23)/t16-/m0/s1. The number of imidazole rings is 1. The fraction of sp³-hybridized carbons (Fsp3) is 0.444. The van der Waals surface area contributed by atoms with Gasteiger partial charge in [0, 0.05) is 32.0 Å². The second-order valence-corrected chi connectivity index (χ2v) is 8.63. The summed E-state index contributed by atoms with van der Waals surface area (Å²) in [5.74, 6) is 0.468. The number of amides is 1. The maximum absolute atomic E-state index is 12.6. The van der Waals surface area contributed by atoms with Gasteiger partial charge in [0.05, 0.1) is 17.9 Å². The van der Waals surface area contributed by atoms with E-state index in [-0.39, 0.29) is 18.4 Å². The Morgan fingerprint density at radius 3 is 2.81 bits per heavy atom. The number of hydrogen-bond donors (Lipinski definition) is 1. The third-order valence-corrected chi connectivity index (χ3v) is 6.02. The van der Waals surface area contributed by atoms with E-state index in [0.717, 1.165) is 17.1 Å². The Hall–Kier alpha value is -2.19. The predicted octanol–water partition coefficient (Wildman–Crippen LogP) is 1.47. The number of carbonyl (C=O) groups is 1. The van der Waals surface area contributed by atoms with Gasteiger partial charge < -0.3 is 9.88 Å². The first-order valence-electron chi connectivity index (χ1n) is 8.67. The predicted molar refractivity (Wildman–Crippen MR) is 99.3 cm³/mol. The molecular formula is C18H24N4O3S. The van der Waals surface area contributed by atoms with Crippen molar-refractivity contribution in [3.05, 3.63) is 48.0 Å². The summed E-state index contributed by atoms with van der Waals surface area (Å²) in [5.41, 5.74) is 1.96. The maximum atomic E-state index is 12.6. The maximum Gasteiger partial charge on any atom is 0.224 e. The van der Waals surface area contributed by atoms with Crippen molar-refractivity contribution in [1.82, 2.24) is 19.2 Å². The van der Waals surface area contributed by atoms with Crippen LogP contribution in [-0.4, -0.2) is 47.5 Å². The van der Waals surface area contributed by atoms with Gasteiger partial charge in [0.1, 0.15) is 5.82 Å². The lowest BCUT2D eigenvalue weighted by atomic mass is 9.98. The second-order valence-electron chi connectivity index (χ2n) is 6.65. The molecule has 0 radical (unpaired) electrons. The molecular weight excluding hydrogens is 352 g/mol. The number of carbonyl (C=O) groups excluding carboxylic acids is 1. The van der Waals surface area contributed by atoms with Gasteiger partial charge in [0.15, 0.2) is 0 Å². The van der Waals surface area contributed by atoms with Crippen molar-refractivity contribution in [2.75, 3.05) is 19.3 Å². The van der Waals surface area contributed by atoms with Crippen LogP contribution in [0.25, 0.3) is 5.69 Å². The highest BCUT2D eigenvalue weighted by Crippen LogP contribution is 2.20. The molecule has 1 fully saturated rings. The molecule has 1 N–H and O–H groups in total. The number of hydrogen-bond acceptors (Lipinski definition) is 4. The average Bonchev–Trinajstić information content (AvgIpc) is 3.05. The first-order valence-corrected chi connectivity index (χ1v) is 10.5. The number of para-hydroxylation sites is 1. The number of piperidine rings is 1. The smallest absolute Gasteiger partial charge is 0.224 e. The number of aromatic nitrogens is 2. The molecule has 1 aliphatic heterocycles. The minimum Gasteiger partial charge on any atom is -0.352 e. The number of rotatable bonds is 5. The van der Waals surface area contributed by atoms with E-state index in [1.165, 1.54) is 10.6 Å². The molecule has 26 heavy (non-hydrogen) atoms. The minimum absolute atomic E-state index is 0.101. The zero-order valence-corrected chi connectivity index (χ0v) is 15.9. The molecule has 1 aromatic heterocycles. The Bertz CT molecular complexity index is 891. The van der Waals surface area contributed by atoms with E-state index in [1.54, 1.807) is 6.20 Å². The molecule has 1 atom stereocenters. The van der Waals surface area contributed by atoms with E-state index >= 15 is 0 Å². The molecule has 0 aliphatic carbocycles. The second kappa shape index (κ2) is 7.59. The topological polar surface area (TPSA) is 84.3 Å². The Balaban J connectivity index is 1.68. The monoisotopic (exact) mass is 376 g/mol. The van der Waals surface area contributed by atoms with E-state index in [9.17, 15) is 13.2 Å². The summed E-state index contributed by atoms with van der Waals surface area (Å²) in [6.45, 7) is 3.07. The van der Waals surface area contributed by atoms with Crippen LogP contribution < -0.4 is 5.32 Å². The molecule has 0 spiro atoms. The van der Waals surface area contributed by atoms with Crippen molar-refractivity contribution in [2.24, 2.45) is 5.92 Å². The molecule has 3 rings (SSSR count). The zero-order chi connectivity index (χ0) is 18.7. The van der Waals surface area contributed by atoms with E-state index < -0.39 is 10.0 Å². The van der Waals surface area contributed by atoms with Crippen molar-refractivity contribution in [2.45, 2.75) is 26.3 Å². The number of aryl methyl sites for hydroxylation is 1. The van der Waals surface area contributed by atoms with Gasteiger partial charge in [-0.1, -0.05) is 18.2 Å². The normalized spacial score (nSPS) is 18.6. The van der Waals surface area contributed by atoms with Crippen molar-refractivity contribution < 1.29 is 13.2 Å². The van der Waals surface area contributed by atoms with Gasteiger partial charge in [-0.25, -0.2) is 17.7 Å². The van der Waals surface area contributed by atoms with E-state index in [0.29, 0.717) is 25.9 Å². The van der Waals surface area contributed by atoms with Gasteiger partial charge in [0.2, 0.25) is 15.9 Å². The van der Waals surface area contributed by atoms with Crippen LogP contribution in [0, 0.1) is 12.8 Å². The first-order chi connectivity index (χ1) is 12.4. The molecule has 1 saturated heterocycles. The Labute approximate surface area is 154 Å². The molecule has 2 aromatic rings. The molecule has 1 amide bonds. The van der Waals surface area contributed by atoms with E-state index in [4.69, 9.17) is 0 Å². The van der Waals surface area contributed by atoms with Gasteiger partial charge in [-0.2, -0.15) is 0 Å². The molecule has 2 heterocycles. The Kier molecular flexibility index (Phi) is 5.43. The summed E-state index contributed by atoms with van der Waals surface area (Å²) in [7, 11) is -3.26. The van der Waals surface area contributed by atoms with Crippen LogP contribution in [0.5, 0.6) is 0 Å². The molecule has 1 aliphatic rings. The van der Waals surface area contributed by atoms with E-state index in [1.807, 2.05) is 42.0 Å². The minimum atomic E-state index is -3.26. The fourth-order valence-electron chi connectivity index (χ4n) is 3.31. The highest BCUT2D eigenvalue weighted by atomic mass is 32.2. The number of nitrogens with one attached hydrogen (secondary N) is 1. The molecule has 8 heteroatoms. The van der Waals surface area contributed by atoms with Crippen molar-refractivity contribution in [1.29, 1.82) is 0 Å². The van der Waals surface area contributed by atoms with Crippen LogP contribution >= 0.6 is 0 Å². The summed E-state index contributed by atoms with van der Waals surface area (Å²) in [4.78, 5) is 16.8. The number of nitrogens with zero attached hydrogens (tertiary/aromatic N) is 3. The largest absolute Gasteiger partial charge is 0.352 e. The number of benzene rings is 1. The molecule has 1 aromatic carbocycles. The summed E-state index contributed by atoms with van der Waals surface area (Å²) in [5, 5.41) is 2.97. The molecule has 0 unspecified atom stereocenters. The fourth-order valence-corrected chi connectivity index (χ4v) is 4.22. The quantitative estimate of drug-likeness (QED) is 0.856. The molecule has 0 saturated carbocycles. The lowest BCUT2D eigenvalue weighted by molar-refractivity contribution is -0.126. The highest BCUT2D eigenvalue weighted by molar-refractivity contribution is 7.88. The van der Waals surface area contributed by atoms with Crippen LogP contribution in [0.4, 0.5) is 0 Å². The van der Waals surface area contributed by atoms with Crippen LogP contribution in [-0.2, 0) is 21.4 Å².